The molecule has 0 spiro atoms. The smallest absolute Gasteiger partial charge is 0.0402 e. The second kappa shape index (κ2) is 5.98. The van der Waals surface area contributed by atoms with Crippen molar-refractivity contribution in [1.82, 2.24) is 0 Å². The number of hydrogen-bond acceptors (Lipinski definition) is 3. The molecule has 0 amide bonds. The number of para-hydroxylation sites is 1. The van der Waals surface area contributed by atoms with E-state index in [1.54, 1.807) is 0 Å². The molecule has 0 radical (unpaired) electrons. The fraction of sp³-hybridized carbons (Fsp3) is 0.600. The molecule has 0 aromatic heterocycles. The Kier molecular flexibility index (Phi) is 4.57. The Balaban J connectivity index is 2.26. The minimum Gasteiger partial charge on any atom is -0.367 e. The van der Waals surface area contributed by atoms with Gasteiger partial charge in [0.05, 0.1) is 0 Å². The summed E-state index contributed by atoms with van der Waals surface area (Å²) in [5.74, 6) is 1.22. The molecule has 1 heterocycles. The van der Waals surface area contributed by atoms with E-state index in [0.717, 1.165) is 13.0 Å². The number of nitrogens with zero attached hydrogens (tertiary/aromatic N) is 1. The van der Waals surface area contributed by atoms with Crippen molar-refractivity contribution in [3.63, 3.8) is 0 Å². The summed E-state index contributed by atoms with van der Waals surface area (Å²) < 4.78 is 0. The second-order valence-corrected chi connectivity index (χ2v) is 6.81. The summed E-state index contributed by atoms with van der Waals surface area (Å²) in [5, 5.41) is 0.696. The van der Waals surface area contributed by atoms with Gasteiger partial charge in [-0.3, -0.25) is 0 Å². The van der Waals surface area contributed by atoms with E-state index in [0.29, 0.717) is 11.3 Å². The third kappa shape index (κ3) is 3.01. The lowest BCUT2D eigenvalue weighted by atomic mass is 10.0. The van der Waals surface area contributed by atoms with Crippen LogP contribution in [-0.4, -0.2) is 29.6 Å². The Morgan fingerprint density at radius 1 is 1.39 bits per heavy atom. The van der Waals surface area contributed by atoms with Crippen LogP contribution in [0.1, 0.15) is 26.3 Å². The van der Waals surface area contributed by atoms with Gasteiger partial charge in [0.15, 0.2) is 0 Å². The molecule has 1 aliphatic rings. The van der Waals surface area contributed by atoms with Crippen LogP contribution in [0.5, 0.6) is 0 Å². The maximum Gasteiger partial charge on any atom is 0.0402 e. The molecule has 2 N–H and O–H groups in total. The summed E-state index contributed by atoms with van der Waals surface area (Å²) in [4.78, 5) is 2.55. The Labute approximate surface area is 115 Å². The fourth-order valence-electron chi connectivity index (χ4n) is 2.58. The molecular weight excluding hydrogens is 240 g/mol. The van der Waals surface area contributed by atoms with Gasteiger partial charge in [-0.25, -0.2) is 0 Å². The molecule has 2 rings (SSSR count). The van der Waals surface area contributed by atoms with Gasteiger partial charge in [0.1, 0.15) is 0 Å². The van der Waals surface area contributed by atoms with Gasteiger partial charge in [0, 0.05) is 35.3 Å². The SMILES string of the molecule is CC(N)Cc1ccccc1N1CCSC(C)C1C. The van der Waals surface area contributed by atoms with Gasteiger partial charge in [-0.1, -0.05) is 25.1 Å². The van der Waals surface area contributed by atoms with E-state index in [1.807, 2.05) is 0 Å². The zero-order valence-corrected chi connectivity index (χ0v) is 12.4. The Morgan fingerprint density at radius 2 is 2.11 bits per heavy atom. The van der Waals surface area contributed by atoms with Gasteiger partial charge in [0.2, 0.25) is 0 Å². The van der Waals surface area contributed by atoms with Crippen molar-refractivity contribution in [2.24, 2.45) is 5.73 Å². The highest BCUT2D eigenvalue weighted by molar-refractivity contribution is 8.00. The van der Waals surface area contributed by atoms with Gasteiger partial charge in [-0.15, -0.1) is 0 Å². The van der Waals surface area contributed by atoms with Crippen molar-refractivity contribution >= 4 is 17.4 Å². The maximum absolute atomic E-state index is 5.96. The molecule has 3 unspecified atom stereocenters. The summed E-state index contributed by atoms with van der Waals surface area (Å²) in [6.45, 7) is 7.89. The highest BCUT2D eigenvalue weighted by atomic mass is 32.2. The van der Waals surface area contributed by atoms with Crippen LogP contribution in [-0.2, 0) is 6.42 Å². The summed E-state index contributed by atoms with van der Waals surface area (Å²) in [5.41, 5.74) is 8.73. The van der Waals surface area contributed by atoms with Gasteiger partial charge in [-0.05, 0) is 31.9 Å². The predicted octanol–water partition coefficient (Wildman–Crippen LogP) is 2.91. The minimum absolute atomic E-state index is 0.220. The maximum atomic E-state index is 5.96. The molecule has 3 heteroatoms. The molecule has 1 saturated heterocycles. The lowest BCUT2D eigenvalue weighted by Gasteiger charge is -2.40. The van der Waals surface area contributed by atoms with E-state index in [4.69, 9.17) is 5.73 Å². The fourth-order valence-corrected chi connectivity index (χ4v) is 3.68. The van der Waals surface area contributed by atoms with Gasteiger partial charge in [0.25, 0.3) is 0 Å². The molecule has 3 atom stereocenters. The lowest BCUT2D eigenvalue weighted by molar-refractivity contribution is 0.622. The molecule has 2 nitrogen and oxygen atoms in total. The first-order valence-electron chi connectivity index (χ1n) is 6.81. The Bertz CT molecular complexity index is 392. The average molecular weight is 264 g/mol. The third-order valence-corrected chi connectivity index (χ3v) is 5.06. The van der Waals surface area contributed by atoms with Crippen LogP contribution in [0.4, 0.5) is 5.69 Å². The van der Waals surface area contributed by atoms with E-state index in [1.165, 1.54) is 17.0 Å². The number of nitrogens with two attached hydrogens (primary N) is 1. The zero-order valence-electron chi connectivity index (χ0n) is 11.6. The largest absolute Gasteiger partial charge is 0.367 e. The highest BCUT2D eigenvalue weighted by Gasteiger charge is 2.26. The minimum atomic E-state index is 0.220. The van der Waals surface area contributed by atoms with Gasteiger partial charge in [-0.2, -0.15) is 11.8 Å². The van der Waals surface area contributed by atoms with Crippen molar-refractivity contribution in [3.05, 3.63) is 29.8 Å². The molecule has 0 bridgehead atoms. The molecular formula is C15H24N2S. The lowest BCUT2D eigenvalue weighted by Crippen LogP contribution is -2.45. The number of hydrogen-bond donors (Lipinski definition) is 1. The summed E-state index contributed by atoms with van der Waals surface area (Å²) >= 11 is 2.08. The van der Waals surface area contributed by atoms with Gasteiger partial charge < -0.3 is 10.6 Å². The van der Waals surface area contributed by atoms with E-state index < -0.39 is 0 Å². The van der Waals surface area contributed by atoms with Crippen molar-refractivity contribution in [2.75, 3.05) is 17.2 Å². The summed E-state index contributed by atoms with van der Waals surface area (Å²) in [7, 11) is 0. The van der Waals surface area contributed by atoms with Gasteiger partial charge >= 0.3 is 0 Å². The molecule has 1 aromatic carbocycles. The van der Waals surface area contributed by atoms with E-state index in [2.05, 4.69) is 61.7 Å². The first-order chi connectivity index (χ1) is 8.59. The van der Waals surface area contributed by atoms with Crippen LogP contribution in [0.15, 0.2) is 24.3 Å². The average Bonchev–Trinajstić information content (AvgIpc) is 2.33. The Morgan fingerprint density at radius 3 is 2.83 bits per heavy atom. The van der Waals surface area contributed by atoms with Crippen LogP contribution in [0.3, 0.4) is 0 Å². The van der Waals surface area contributed by atoms with Crippen molar-refractivity contribution in [2.45, 2.75) is 44.5 Å². The Hall–Kier alpha value is -0.670. The first-order valence-corrected chi connectivity index (χ1v) is 7.86. The summed E-state index contributed by atoms with van der Waals surface area (Å²) in [6, 6.07) is 9.54. The van der Waals surface area contributed by atoms with Crippen LogP contribution in [0, 0.1) is 0 Å². The second-order valence-electron chi connectivity index (χ2n) is 5.32. The van der Waals surface area contributed by atoms with Crippen LogP contribution < -0.4 is 10.6 Å². The zero-order chi connectivity index (χ0) is 13.1. The highest BCUT2D eigenvalue weighted by Crippen LogP contribution is 2.31. The molecule has 1 aromatic rings. The summed E-state index contributed by atoms with van der Waals surface area (Å²) in [6.07, 6.45) is 0.959. The topological polar surface area (TPSA) is 29.3 Å². The standard InChI is InChI=1S/C15H24N2S/c1-11(16)10-14-6-4-5-7-15(14)17-8-9-18-13(3)12(17)2/h4-7,11-13H,8-10,16H2,1-3H3. The van der Waals surface area contributed by atoms with E-state index >= 15 is 0 Å². The number of benzene rings is 1. The van der Waals surface area contributed by atoms with Crippen molar-refractivity contribution < 1.29 is 0 Å². The molecule has 0 aliphatic carbocycles. The van der Waals surface area contributed by atoms with Crippen LogP contribution >= 0.6 is 11.8 Å². The first kappa shape index (κ1) is 13.8. The molecule has 1 fully saturated rings. The molecule has 18 heavy (non-hydrogen) atoms. The molecule has 1 aliphatic heterocycles. The number of thioether (sulfide) groups is 1. The number of anilines is 1. The van der Waals surface area contributed by atoms with Crippen LogP contribution in [0.2, 0.25) is 0 Å². The monoisotopic (exact) mass is 264 g/mol. The normalized spacial score (nSPS) is 26.1. The van der Waals surface area contributed by atoms with E-state index in [9.17, 15) is 0 Å². The molecule has 100 valence electrons. The van der Waals surface area contributed by atoms with Crippen LogP contribution in [0.25, 0.3) is 0 Å². The van der Waals surface area contributed by atoms with E-state index in [-0.39, 0.29) is 6.04 Å². The van der Waals surface area contributed by atoms with Crippen molar-refractivity contribution in [3.8, 4) is 0 Å². The predicted molar refractivity (Wildman–Crippen MR) is 82.5 cm³/mol. The number of rotatable bonds is 3. The third-order valence-electron chi connectivity index (χ3n) is 3.73. The molecule has 0 saturated carbocycles. The van der Waals surface area contributed by atoms with Crippen molar-refractivity contribution in [1.29, 1.82) is 0 Å². The quantitative estimate of drug-likeness (QED) is 0.910.